The molecule has 1 amide bonds. The maximum atomic E-state index is 12.4. The van der Waals surface area contributed by atoms with Crippen LogP contribution in [0.1, 0.15) is 25.0 Å². The molecule has 0 aromatic heterocycles. The summed E-state index contributed by atoms with van der Waals surface area (Å²) in [6, 6.07) is 13.7. The molecule has 0 unspecified atom stereocenters. The number of hydrogen-bond donors (Lipinski definition) is 2. The second-order valence-electron chi connectivity index (χ2n) is 6.31. The third-order valence-corrected chi connectivity index (χ3v) is 5.30. The number of anilines is 1. The number of terminal acetylenes is 1. The van der Waals surface area contributed by atoms with Gasteiger partial charge in [0.1, 0.15) is 6.61 Å². The summed E-state index contributed by atoms with van der Waals surface area (Å²) < 4.78 is 11.2. The summed E-state index contributed by atoms with van der Waals surface area (Å²) >= 11 is 1.45. The topological polar surface area (TPSA) is 59.6 Å². The van der Waals surface area contributed by atoms with Gasteiger partial charge in [-0.25, -0.2) is 0 Å². The molecular weight excluding hydrogens is 384 g/mol. The van der Waals surface area contributed by atoms with E-state index in [0.717, 1.165) is 17.7 Å². The Kier molecular flexibility index (Phi) is 7.09. The van der Waals surface area contributed by atoms with E-state index >= 15 is 0 Å². The van der Waals surface area contributed by atoms with Crippen LogP contribution >= 0.6 is 11.8 Å². The number of thioether (sulfide) groups is 1. The highest BCUT2D eigenvalue weighted by Gasteiger charge is 2.27. The van der Waals surface area contributed by atoms with E-state index in [2.05, 4.69) is 35.6 Å². The zero-order valence-electron chi connectivity index (χ0n) is 16.5. The molecule has 0 spiro atoms. The maximum Gasteiger partial charge on any atom is 0.260 e. The minimum Gasteiger partial charge on any atom is -0.490 e. The lowest BCUT2D eigenvalue weighted by molar-refractivity contribution is -0.116. The normalized spacial score (nSPS) is 16.9. The molecule has 0 radical (unpaired) electrons. The third kappa shape index (κ3) is 5.49. The number of nitrogens with one attached hydrogen (secondary N) is 2. The molecule has 1 saturated heterocycles. The monoisotopic (exact) mass is 408 g/mol. The molecule has 0 bridgehead atoms. The lowest BCUT2D eigenvalue weighted by Gasteiger charge is -2.13. The average Bonchev–Trinajstić information content (AvgIpc) is 3.07. The van der Waals surface area contributed by atoms with Crippen LogP contribution in [0.25, 0.3) is 6.08 Å². The summed E-state index contributed by atoms with van der Waals surface area (Å²) in [5.41, 5.74) is 2.88. The number of carbonyl (C=O) groups excluding carboxylic acids is 1. The molecule has 0 aliphatic carbocycles. The van der Waals surface area contributed by atoms with Gasteiger partial charge in [-0.2, -0.15) is 0 Å². The number of aryl methyl sites for hydroxylation is 1. The second-order valence-corrected chi connectivity index (χ2v) is 7.45. The Hall–Kier alpha value is -3.04. The summed E-state index contributed by atoms with van der Waals surface area (Å²) in [6.07, 6.45) is 8.10. The van der Waals surface area contributed by atoms with Crippen LogP contribution in [-0.2, 0) is 11.2 Å². The molecule has 0 saturated carbocycles. The van der Waals surface area contributed by atoms with Crippen LogP contribution in [-0.4, -0.2) is 24.6 Å². The number of ether oxygens (including phenoxy) is 2. The average molecular weight is 409 g/mol. The van der Waals surface area contributed by atoms with E-state index in [-0.39, 0.29) is 18.0 Å². The Bertz CT molecular complexity index is 932. The summed E-state index contributed by atoms with van der Waals surface area (Å²) in [5.74, 6) is 3.53. The first-order valence-electron chi connectivity index (χ1n) is 9.50. The molecule has 1 aliphatic rings. The SMILES string of the molecule is C#CCOc1ccc(/C=C2\S[C@@H](Nc3ccc(CC)cc3)NC2=O)cc1OCC. The number of amides is 1. The molecule has 2 N–H and O–H groups in total. The Morgan fingerprint density at radius 2 is 1.97 bits per heavy atom. The standard InChI is InChI=1S/C23H24N2O3S/c1-4-13-28-19-12-9-17(14-20(19)27-6-3)15-21-22(26)25-23(29-21)24-18-10-7-16(5-2)8-11-18/h1,7-12,14-15,23-24H,5-6,13H2,2-3H3,(H,25,26)/b21-15-/t23-/m0/s1. The highest BCUT2D eigenvalue weighted by atomic mass is 32.2. The molecule has 3 rings (SSSR count). The van der Waals surface area contributed by atoms with Crippen molar-refractivity contribution in [3.63, 3.8) is 0 Å². The molecule has 5 nitrogen and oxygen atoms in total. The van der Waals surface area contributed by atoms with Crippen LogP contribution in [0.15, 0.2) is 47.4 Å². The van der Waals surface area contributed by atoms with Crippen LogP contribution in [0.5, 0.6) is 11.5 Å². The molecule has 6 heteroatoms. The zero-order chi connectivity index (χ0) is 20.6. The third-order valence-electron chi connectivity index (χ3n) is 4.27. The Balaban J connectivity index is 1.71. The zero-order valence-corrected chi connectivity index (χ0v) is 17.3. The van der Waals surface area contributed by atoms with Crippen molar-refractivity contribution in [2.75, 3.05) is 18.5 Å². The molecular formula is C23H24N2O3S. The number of carbonyl (C=O) groups is 1. The smallest absolute Gasteiger partial charge is 0.260 e. The van der Waals surface area contributed by atoms with Crippen LogP contribution in [0, 0.1) is 12.3 Å². The summed E-state index contributed by atoms with van der Waals surface area (Å²) in [7, 11) is 0. The Morgan fingerprint density at radius 3 is 2.66 bits per heavy atom. The van der Waals surface area contributed by atoms with E-state index in [0.29, 0.717) is 23.0 Å². The minimum atomic E-state index is -0.217. The summed E-state index contributed by atoms with van der Waals surface area (Å²) in [5, 5.41) is 6.28. The highest BCUT2D eigenvalue weighted by molar-refractivity contribution is 8.05. The van der Waals surface area contributed by atoms with E-state index in [4.69, 9.17) is 15.9 Å². The van der Waals surface area contributed by atoms with E-state index < -0.39 is 0 Å². The Labute approximate surface area is 175 Å². The van der Waals surface area contributed by atoms with Gasteiger partial charge in [0.2, 0.25) is 0 Å². The molecule has 2 aromatic rings. The van der Waals surface area contributed by atoms with Gasteiger partial charge in [-0.15, -0.1) is 6.42 Å². The molecule has 1 heterocycles. The van der Waals surface area contributed by atoms with Gasteiger partial charge in [-0.05, 0) is 54.8 Å². The van der Waals surface area contributed by atoms with Crippen molar-refractivity contribution in [2.45, 2.75) is 25.8 Å². The first-order valence-corrected chi connectivity index (χ1v) is 10.4. The lowest BCUT2D eigenvalue weighted by Crippen LogP contribution is -2.30. The van der Waals surface area contributed by atoms with Gasteiger partial charge in [0.15, 0.2) is 17.0 Å². The van der Waals surface area contributed by atoms with Gasteiger partial charge in [0.25, 0.3) is 5.91 Å². The largest absolute Gasteiger partial charge is 0.490 e. The van der Waals surface area contributed by atoms with Gasteiger partial charge in [-0.3, -0.25) is 4.79 Å². The van der Waals surface area contributed by atoms with Gasteiger partial charge in [0, 0.05) is 5.69 Å². The fourth-order valence-electron chi connectivity index (χ4n) is 2.83. The predicted octanol–water partition coefficient (Wildman–Crippen LogP) is 4.26. The van der Waals surface area contributed by atoms with Crippen LogP contribution in [0.3, 0.4) is 0 Å². The van der Waals surface area contributed by atoms with Gasteiger partial charge in [0.05, 0.1) is 11.5 Å². The molecule has 29 heavy (non-hydrogen) atoms. The molecule has 150 valence electrons. The predicted molar refractivity (Wildman–Crippen MR) is 119 cm³/mol. The first kappa shape index (κ1) is 20.7. The van der Waals surface area contributed by atoms with Gasteiger partial charge >= 0.3 is 0 Å². The minimum absolute atomic E-state index is 0.108. The fraction of sp³-hybridized carbons (Fsp3) is 0.261. The van der Waals surface area contributed by atoms with E-state index in [1.54, 1.807) is 6.07 Å². The quantitative estimate of drug-likeness (QED) is 0.505. The molecule has 1 aliphatic heterocycles. The summed E-state index contributed by atoms with van der Waals surface area (Å²) in [6.45, 7) is 4.70. The van der Waals surface area contributed by atoms with Gasteiger partial charge in [-0.1, -0.05) is 42.8 Å². The maximum absolute atomic E-state index is 12.4. The van der Waals surface area contributed by atoms with Crippen LogP contribution < -0.4 is 20.1 Å². The van der Waals surface area contributed by atoms with E-state index in [1.165, 1.54) is 17.3 Å². The lowest BCUT2D eigenvalue weighted by atomic mass is 10.1. The van der Waals surface area contributed by atoms with Crippen molar-refractivity contribution in [1.82, 2.24) is 5.32 Å². The van der Waals surface area contributed by atoms with Crippen molar-refractivity contribution in [1.29, 1.82) is 0 Å². The van der Waals surface area contributed by atoms with E-state index in [1.807, 2.05) is 37.3 Å². The van der Waals surface area contributed by atoms with Gasteiger partial charge < -0.3 is 20.1 Å². The number of rotatable bonds is 8. The van der Waals surface area contributed by atoms with E-state index in [9.17, 15) is 4.79 Å². The van der Waals surface area contributed by atoms with Crippen molar-refractivity contribution in [3.8, 4) is 23.8 Å². The Morgan fingerprint density at radius 1 is 1.17 bits per heavy atom. The van der Waals surface area contributed by atoms with Crippen LogP contribution in [0.2, 0.25) is 0 Å². The number of hydrogen-bond acceptors (Lipinski definition) is 5. The molecule has 1 atom stereocenters. The molecule has 2 aromatic carbocycles. The van der Waals surface area contributed by atoms with Crippen molar-refractivity contribution in [3.05, 3.63) is 58.5 Å². The highest BCUT2D eigenvalue weighted by Crippen LogP contribution is 2.33. The first-order chi connectivity index (χ1) is 14.1. The molecule has 1 fully saturated rings. The van der Waals surface area contributed by atoms with Crippen molar-refractivity contribution >= 4 is 29.4 Å². The van der Waals surface area contributed by atoms with Crippen LogP contribution in [0.4, 0.5) is 5.69 Å². The number of benzene rings is 2. The fourth-order valence-corrected chi connectivity index (χ4v) is 3.81. The second kappa shape index (κ2) is 9.94. The van der Waals surface area contributed by atoms with Crippen molar-refractivity contribution in [2.24, 2.45) is 0 Å². The van der Waals surface area contributed by atoms with Crippen molar-refractivity contribution < 1.29 is 14.3 Å². The summed E-state index contributed by atoms with van der Waals surface area (Å²) in [4.78, 5) is 13.0.